The fourth-order valence-electron chi connectivity index (χ4n) is 4.15. The summed E-state index contributed by atoms with van der Waals surface area (Å²) in [6.07, 6.45) is 7.10. The van der Waals surface area contributed by atoms with Gasteiger partial charge in [0.2, 0.25) is 0 Å². The van der Waals surface area contributed by atoms with E-state index in [1.807, 2.05) is 0 Å². The molecule has 0 saturated carbocycles. The topological polar surface area (TPSA) is 29.9 Å². The molecule has 1 aliphatic heterocycles. The highest BCUT2D eigenvalue weighted by molar-refractivity contribution is 5.86. The van der Waals surface area contributed by atoms with Crippen LogP contribution in [0.4, 0.5) is 5.69 Å². The van der Waals surface area contributed by atoms with Gasteiger partial charge in [0.25, 0.3) is 0 Å². The molecule has 0 atom stereocenters. The molecule has 0 bridgehead atoms. The minimum absolute atomic E-state index is 0.0776. The number of aromatic nitrogens is 2. The van der Waals surface area contributed by atoms with Gasteiger partial charge in [0.1, 0.15) is 11.5 Å². The van der Waals surface area contributed by atoms with Crippen LogP contribution in [0.3, 0.4) is 0 Å². The van der Waals surface area contributed by atoms with Gasteiger partial charge in [-0.25, -0.2) is 4.98 Å². The van der Waals surface area contributed by atoms with E-state index >= 15 is 0 Å². The third-order valence-corrected chi connectivity index (χ3v) is 5.41. The van der Waals surface area contributed by atoms with Crippen LogP contribution in [-0.2, 0) is 5.66 Å². The monoisotopic (exact) mass is 333 g/mol. The summed E-state index contributed by atoms with van der Waals surface area (Å²) in [7, 11) is 0. The molecule has 2 aromatic carbocycles. The predicted octanol–water partition coefficient (Wildman–Crippen LogP) is 6.16. The third kappa shape index (κ3) is 2.62. The fourth-order valence-corrected chi connectivity index (χ4v) is 4.15. The molecule has 4 rings (SSSR count). The van der Waals surface area contributed by atoms with Gasteiger partial charge in [0, 0.05) is 11.3 Å². The molecule has 1 aromatic heterocycles. The molecule has 2 heterocycles. The normalized spacial score (nSPS) is 14.8. The number of nitrogens with one attached hydrogen (secondary N) is 1. The zero-order valence-electron chi connectivity index (χ0n) is 15.3. The number of para-hydroxylation sites is 3. The lowest BCUT2D eigenvalue weighted by molar-refractivity contribution is 0.274. The Morgan fingerprint density at radius 2 is 1.60 bits per heavy atom. The SMILES string of the molecule is CCCCC1(CCCC)Nc2ccccc2-c2nc3ccccc3n21. The molecule has 0 amide bonds. The molecule has 3 heteroatoms. The number of hydrogen-bond acceptors (Lipinski definition) is 2. The van der Waals surface area contributed by atoms with Crippen molar-refractivity contribution < 1.29 is 0 Å². The Kier molecular flexibility index (Phi) is 4.24. The summed E-state index contributed by atoms with van der Waals surface area (Å²) in [6.45, 7) is 4.55. The van der Waals surface area contributed by atoms with Crippen LogP contribution in [0, 0.1) is 0 Å². The van der Waals surface area contributed by atoms with Crippen molar-refractivity contribution in [3.63, 3.8) is 0 Å². The smallest absolute Gasteiger partial charge is 0.145 e. The number of benzene rings is 2. The van der Waals surface area contributed by atoms with E-state index in [0.717, 1.165) is 24.2 Å². The van der Waals surface area contributed by atoms with Gasteiger partial charge in [-0.15, -0.1) is 0 Å². The summed E-state index contributed by atoms with van der Waals surface area (Å²) in [5.74, 6) is 1.11. The first-order valence-corrected chi connectivity index (χ1v) is 9.64. The second-order valence-corrected chi connectivity index (χ2v) is 7.17. The molecular formula is C22H27N3. The second kappa shape index (κ2) is 6.55. The predicted molar refractivity (Wildman–Crippen MR) is 106 cm³/mol. The Bertz CT molecular complexity index is 870. The number of anilines is 1. The quantitative estimate of drug-likeness (QED) is 0.585. The van der Waals surface area contributed by atoms with Crippen LogP contribution >= 0.6 is 0 Å². The maximum atomic E-state index is 5.03. The average Bonchev–Trinajstić information content (AvgIpc) is 3.05. The third-order valence-electron chi connectivity index (χ3n) is 5.41. The van der Waals surface area contributed by atoms with Gasteiger partial charge >= 0.3 is 0 Å². The zero-order valence-corrected chi connectivity index (χ0v) is 15.3. The molecular weight excluding hydrogens is 306 g/mol. The number of nitrogens with zero attached hydrogens (tertiary/aromatic N) is 2. The van der Waals surface area contributed by atoms with Crippen molar-refractivity contribution in [1.82, 2.24) is 9.55 Å². The highest BCUT2D eigenvalue weighted by atomic mass is 15.3. The van der Waals surface area contributed by atoms with Gasteiger partial charge in [-0.3, -0.25) is 0 Å². The van der Waals surface area contributed by atoms with Crippen molar-refractivity contribution in [3.05, 3.63) is 48.5 Å². The van der Waals surface area contributed by atoms with Gasteiger partial charge in [-0.1, -0.05) is 51.0 Å². The van der Waals surface area contributed by atoms with Gasteiger partial charge in [-0.2, -0.15) is 0 Å². The van der Waals surface area contributed by atoms with E-state index < -0.39 is 0 Å². The molecule has 1 N–H and O–H groups in total. The number of fused-ring (bicyclic) bond motifs is 5. The molecule has 0 spiro atoms. The number of unbranched alkanes of at least 4 members (excludes halogenated alkanes) is 2. The summed E-state index contributed by atoms with van der Waals surface area (Å²) in [5, 5.41) is 3.94. The van der Waals surface area contributed by atoms with E-state index in [1.165, 1.54) is 42.5 Å². The summed E-state index contributed by atoms with van der Waals surface area (Å²) < 4.78 is 2.50. The number of imidazole rings is 1. The lowest BCUT2D eigenvalue weighted by Gasteiger charge is -2.42. The molecule has 3 aromatic rings. The Hall–Kier alpha value is -2.29. The van der Waals surface area contributed by atoms with E-state index in [0.29, 0.717) is 0 Å². The van der Waals surface area contributed by atoms with Crippen LogP contribution in [0.2, 0.25) is 0 Å². The minimum atomic E-state index is -0.0776. The minimum Gasteiger partial charge on any atom is -0.362 e. The Morgan fingerprint density at radius 1 is 0.920 bits per heavy atom. The maximum absolute atomic E-state index is 5.03. The molecule has 25 heavy (non-hydrogen) atoms. The van der Waals surface area contributed by atoms with Crippen LogP contribution in [0.25, 0.3) is 22.4 Å². The zero-order chi connectivity index (χ0) is 17.3. The van der Waals surface area contributed by atoms with Crippen LogP contribution < -0.4 is 5.32 Å². The number of rotatable bonds is 6. The lowest BCUT2D eigenvalue weighted by Crippen LogP contribution is -2.44. The molecule has 0 fully saturated rings. The Labute approximate surface area is 150 Å². The first kappa shape index (κ1) is 16.2. The van der Waals surface area contributed by atoms with Crippen molar-refractivity contribution in [3.8, 4) is 11.4 Å². The van der Waals surface area contributed by atoms with E-state index in [-0.39, 0.29) is 5.66 Å². The van der Waals surface area contributed by atoms with E-state index in [9.17, 15) is 0 Å². The standard InChI is InChI=1S/C22H27N3/c1-3-5-15-22(16-6-4-2)24-18-12-8-7-11-17(18)21-23-19-13-9-10-14-20(19)25(21)22/h7-14,24H,3-6,15-16H2,1-2H3. The molecule has 3 nitrogen and oxygen atoms in total. The number of hydrogen-bond donors (Lipinski definition) is 1. The van der Waals surface area contributed by atoms with Crippen LogP contribution in [-0.4, -0.2) is 9.55 Å². The van der Waals surface area contributed by atoms with Crippen molar-refractivity contribution in [2.24, 2.45) is 0 Å². The van der Waals surface area contributed by atoms with Gasteiger partial charge < -0.3 is 9.88 Å². The Morgan fingerprint density at radius 3 is 2.36 bits per heavy atom. The fraction of sp³-hybridized carbons (Fsp3) is 0.409. The lowest BCUT2D eigenvalue weighted by atomic mass is 9.91. The summed E-state index contributed by atoms with van der Waals surface area (Å²) in [5.41, 5.74) is 4.69. The summed E-state index contributed by atoms with van der Waals surface area (Å²) >= 11 is 0. The van der Waals surface area contributed by atoms with Crippen molar-refractivity contribution in [2.75, 3.05) is 5.32 Å². The molecule has 0 aliphatic carbocycles. The van der Waals surface area contributed by atoms with Crippen molar-refractivity contribution in [1.29, 1.82) is 0 Å². The van der Waals surface area contributed by atoms with E-state index in [2.05, 4.69) is 72.3 Å². The van der Waals surface area contributed by atoms with Crippen molar-refractivity contribution in [2.45, 2.75) is 58.0 Å². The largest absolute Gasteiger partial charge is 0.362 e. The summed E-state index contributed by atoms with van der Waals surface area (Å²) in [6, 6.07) is 17.2. The molecule has 1 aliphatic rings. The first-order chi connectivity index (χ1) is 12.3. The van der Waals surface area contributed by atoms with E-state index in [1.54, 1.807) is 0 Å². The van der Waals surface area contributed by atoms with Gasteiger partial charge in [0.15, 0.2) is 0 Å². The van der Waals surface area contributed by atoms with Crippen LogP contribution in [0.15, 0.2) is 48.5 Å². The Balaban J connectivity index is 1.97. The van der Waals surface area contributed by atoms with Crippen LogP contribution in [0.1, 0.15) is 52.4 Å². The summed E-state index contributed by atoms with van der Waals surface area (Å²) in [4.78, 5) is 5.03. The second-order valence-electron chi connectivity index (χ2n) is 7.17. The molecule has 130 valence electrons. The molecule has 0 unspecified atom stereocenters. The highest BCUT2D eigenvalue weighted by Gasteiger charge is 2.39. The van der Waals surface area contributed by atoms with E-state index in [4.69, 9.17) is 4.98 Å². The van der Waals surface area contributed by atoms with Gasteiger partial charge in [-0.05, 0) is 49.9 Å². The van der Waals surface area contributed by atoms with Gasteiger partial charge in [0.05, 0.1) is 11.0 Å². The van der Waals surface area contributed by atoms with Crippen LogP contribution in [0.5, 0.6) is 0 Å². The highest BCUT2D eigenvalue weighted by Crippen LogP contribution is 2.45. The molecule has 0 saturated heterocycles. The first-order valence-electron chi connectivity index (χ1n) is 9.64. The average molecular weight is 333 g/mol. The van der Waals surface area contributed by atoms with Crippen molar-refractivity contribution >= 4 is 16.7 Å². The molecule has 0 radical (unpaired) electrons. The maximum Gasteiger partial charge on any atom is 0.145 e.